The number of carbonyl (C=O) groups excluding carboxylic acids is 1. The SMILES string of the molecule is CCC(CC(=O)O)NC(=O)N1CC2CCCC2C1. The van der Waals surface area contributed by atoms with Crippen molar-refractivity contribution in [3.8, 4) is 0 Å². The molecule has 2 aliphatic rings. The average molecular weight is 254 g/mol. The number of carboxylic acid groups (broad SMARTS) is 1. The molecule has 18 heavy (non-hydrogen) atoms. The van der Waals surface area contributed by atoms with E-state index in [1.54, 1.807) is 0 Å². The van der Waals surface area contributed by atoms with E-state index in [2.05, 4.69) is 5.32 Å². The van der Waals surface area contributed by atoms with Crippen molar-refractivity contribution in [1.82, 2.24) is 10.2 Å². The maximum Gasteiger partial charge on any atom is 0.317 e. The van der Waals surface area contributed by atoms with Crippen LogP contribution in [0, 0.1) is 11.8 Å². The molecule has 1 saturated carbocycles. The minimum absolute atomic E-state index is 0.00291. The molecule has 1 heterocycles. The summed E-state index contributed by atoms with van der Waals surface area (Å²) in [5.74, 6) is 0.492. The molecule has 2 amide bonds. The Bertz CT molecular complexity index is 320. The molecule has 2 N–H and O–H groups in total. The summed E-state index contributed by atoms with van der Waals surface area (Å²) in [7, 11) is 0. The van der Waals surface area contributed by atoms with Crippen LogP contribution in [-0.4, -0.2) is 41.1 Å². The summed E-state index contributed by atoms with van der Waals surface area (Å²) in [6, 6.07) is -0.340. The quantitative estimate of drug-likeness (QED) is 0.802. The molecule has 1 saturated heterocycles. The molecule has 2 rings (SSSR count). The van der Waals surface area contributed by atoms with Gasteiger partial charge in [0, 0.05) is 19.1 Å². The first-order chi connectivity index (χ1) is 8.60. The molecule has 3 unspecified atom stereocenters. The summed E-state index contributed by atoms with van der Waals surface area (Å²) in [6.45, 7) is 3.59. The highest BCUT2D eigenvalue weighted by molar-refractivity contribution is 5.76. The highest BCUT2D eigenvalue weighted by atomic mass is 16.4. The second kappa shape index (κ2) is 5.59. The van der Waals surface area contributed by atoms with E-state index in [4.69, 9.17) is 5.11 Å². The van der Waals surface area contributed by atoms with Gasteiger partial charge in [0.2, 0.25) is 0 Å². The van der Waals surface area contributed by atoms with Crippen LogP contribution in [0.1, 0.15) is 39.0 Å². The zero-order valence-corrected chi connectivity index (χ0v) is 10.9. The van der Waals surface area contributed by atoms with E-state index < -0.39 is 5.97 Å². The van der Waals surface area contributed by atoms with Crippen molar-refractivity contribution in [2.24, 2.45) is 11.8 Å². The Morgan fingerprint density at radius 2 is 1.94 bits per heavy atom. The summed E-state index contributed by atoms with van der Waals surface area (Å²) in [6.07, 6.45) is 4.42. The molecule has 1 aliphatic heterocycles. The molecular weight excluding hydrogens is 232 g/mol. The van der Waals surface area contributed by atoms with Crippen molar-refractivity contribution >= 4 is 12.0 Å². The Morgan fingerprint density at radius 3 is 2.44 bits per heavy atom. The number of carboxylic acids is 1. The maximum atomic E-state index is 12.0. The number of rotatable bonds is 4. The topological polar surface area (TPSA) is 69.6 Å². The lowest BCUT2D eigenvalue weighted by Gasteiger charge is -2.22. The highest BCUT2D eigenvalue weighted by Gasteiger charge is 2.38. The molecule has 2 fully saturated rings. The molecule has 102 valence electrons. The number of amides is 2. The molecule has 5 heteroatoms. The molecule has 3 atom stereocenters. The minimum Gasteiger partial charge on any atom is -0.481 e. The fraction of sp³-hybridized carbons (Fsp3) is 0.846. The van der Waals surface area contributed by atoms with Gasteiger partial charge in [-0.05, 0) is 31.1 Å². The molecular formula is C13H22N2O3. The predicted octanol–water partition coefficient (Wildman–Crippen LogP) is 1.68. The van der Waals surface area contributed by atoms with Crippen molar-refractivity contribution in [3.05, 3.63) is 0 Å². The molecule has 0 aromatic carbocycles. The van der Waals surface area contributed by atoms with Gasteiger partial charge in [-0.3, -0.25) is 4.79 Å². The van der Waals surface area contributed by atoms with Gasteiger partial charge in [0.25, 0.3) is 0 Å². The summed E-state index contributed by atoms with van der Waals surface area (Å²) in [4.78, 5) is 24.6. The number of hydrogen-bond acceptors (Lipinski definition) is 2. The second-order valence-corrected chi connectivity index (χ2v) is 5.51. The molecule has 0 aromatic rings. The predicted molar refractivity (Wildman–Crippen MR) is 67.3 cm³/mol. The summed E-state index contributed by atoms with van der Waals surface area (Å²) < 4.78 is 0. The lowest BCUT2D eigenvalue weighted by atomic mass is 10.0. The Morgan fingerprint density at radius 1 is 1.33 bits per heavy atom. The fourth-order valence-electron chi connectivity index (χ4n) is 3.17. The molecule has 0 radical (unpaired) electrons. The number of urea groups is 1. The van der Waals surface area contributed by atoms with E-state index in [0.29, 0.717) is 18.3 Å². The van der Waals surface area contributed by atoms with E-state index in [0.717, 1.165) is 13.1 Å². The van der Waals surface area contributed by atoms with Crippen molar-refractivity contribution in [2.75, 3.05) is 13.1 Å². The van der Waals surface area contributed by atoms with Crippen molar-refractivity contribution in [1.29, 1.82) is 0 Å². The van der Waals surface area contributed by atoms with E-state index in [1.807, 2.05) is 11.8 Å². The number of carbonyl (C=O) groups is 2. The van der Waals surface area contributed by atoms with Gasteiger partial charge >= 0.3 is 12.0 Å². The van der Waals surface area contributed by atoms with Gasteiger partial charge in [-0.2, -0.15) is 0 Å². The van der Waals surface area contributed by atoms with Gasteiger partial charge in [0.1, 0.15) is 0 Å². The number of nitrogens with one attached hydrogen (secondary N) is 1. The maximum absolute atomic E-state index is 12.0. The first kappa shape index (κ1) is 13.2. The Balaban J connectivity index is 1.82. The standard InChI is InChI=1S/C13H22N2O3/c1-2-11(6-12(16)17)14-13(18)15-7-9-4-3-5-10(9)8-15/h9-11H,2-8H2,1H3,(H,14,18)(H,16,17). The normalized spacial score (nSPS) is 27.9. The Labute approximate surface area is 108 Å². The fourth-order valence-corrected chi connectivity index (χ4v) is 3.17. The first-order valence-electron chi connectivity index (χ1n) is 6.87. The van der Waals surface area contributed by atoms with Gasteiger partial charge in [-0.1, -0.05) is 13.3 Å². The summed E-state index contributed by atoms with van der Waals surface area (Å²) in [5, 5.41) is 11.6. The van der Waals surface area contributed by atoms with Crippen LogP contribution in [-0.2, 0) is 4.79 Å². The van der Waals surface area contributed by atoms with Crippen LogP contribution in [0.2, 0.25) is 0 Å². The Kier molecular flexibility index (Phi) is 4.09. The zero-order valence-electron chi connectivity index (χ0n) is 10.9. The van der Waals surface area contributed by atoms with Crippen molar-refractivity contribution in [3.63, 3.8) is 0 Å². The largest absolute Gasteiger partial charge is 0.481 e. The van der Waals surface area contributed by atoms with Gasteiger partial charge in [-0.15, -0.1) is 0 Å². The van der Waals surface area contributed by atoms with Crippen LogP contribution in [0.4, 0.5) is 4.79 Å². The third-order valence-electron chi connectivity index (χ3n) is 4.25. The average Bonchev–Trinajstić information content (AvgIpc) is 2.87. The molecule has 0 bridgehead atoms. The third-order valence-corrected chi connectivity index (χ3v) is 4.25. The lowest BCUT2D eigenvalue weighted by Crippen LogP contribution is -2.44. The molecule has 5 nitrogen and oxygen atoms in total. The van der Waals surface area contributed by atoms with Gasteiger partial charge < -0.3 is 15.3 Å². The zero-order chi connectivity index (χ0) is 13.1. The number of likely N-dealkylation sites (tertiary alicyclic amines) is 1. The number of hydrogen-bond donors (Lipinski definition) is 2. The van der Waals surface area contributed by atoms with E-state index >= 15 is 0 Å². The van der Waals surface area contributed by atoms with E-state index in [1.165, 1.54) is 19.3 Å². The molecule has 0 aromatic heterocycles. The smallest absolute Gasteiger partial charge is 0.317 e. The van der Waals surface area contributed by atoms with Crippen LogP contribution in [0.15, 0.2) is 0 Å². The van der Waals surface area contributed by atoms with E-state index in [-0.39, 0.29) is 18.5 Å². The van der Waals surface area contributed by atoms with Gasteiger partial charge in [0.15, 0.2) is 0 Å². The van der Waals surface area contributed by atoms with Gasteiger partial charge in [0.05, 0.1) is 6.42 Å². The summed E-state index contributed by atoms with van der Waals surface area (Å²) >= 11 is 0. The monoisotopic (exact) mass is 254 g/mol. The number of fused-ring (bicyclic) bond motifs is 1. The van der Waals surface area contributed by atoms with Crippen LogP contribution < -0.4 is 5.32 Å². The Hall–Kier alpha value is -1.26. The van der Waals surface area contributed by atoms with Crippen LogP contribution in [0.25, 0.3) is 0 Å². The molecule has 0 spiro atoms. The van der Waals surface area contributed by atoms with Crippen molar-refractivity contribution < 1.29 is 14.7 Å². The lowest BCUT2D eigenvalue weighted by molar-refractivity contribution is -0.137. The number of nitrogens with zero attached hydrogens (tertiary/aromatic N) is 1. The van der Waals surface area contributed by atoms with Crippen LogP contribution in [0.5, 0.6) is 0 Å². The van der Waals surface area contributed by atoms with Crippen molar-refractivity contribution in [2.45, 2.75) is 45.1 Å². The second-order valence-electron chi connectivity index (χ2n) is 5.51. The molecule has 1 aliphatic carbocycles. The van der Waals surface area contributed by atoms with Gasteiger partial charge in [-0.25, -0.2) is 4.79 Å². The third kappa shape index (κ3) is 2.94. The minimum atomic E-state index is -0.861. The first-order valence-corrected chi connectivity index (χ1v) is 6.87. The van der Waals surface area contributed by atoms with Crippen LogP contribution in [0.3, 0.4) is 0 Å². The highest BCUT2D eigenvalue weighted by Crippen LogP contribution is 2.37. The number of aliphatic carboxylic acids is 1. The van der Waals surface area contributed by atoms with E-state index in [9.17, 15) is 9.59 Å². The summed E-state index contributed by atoms with van der Waals surface area (Å²) in [5.41, 5.74) is 0. The van der Waals surface area contributed by atoms with Crippen LogP contribution >= 0.6 is 0 Å².